The molecule has 0 saturated carbocycles. The number of nitrogens with two attached hydrogens (primary N) is 1. The predicted molar refractivity (Wildman–Crippen MR) is 71.5 cm³/mol. The number of likely N-dealkylation sites (tertiary alicyclic amines) is 1. The summed E-state index contributed by atoms with van der Waals surface area (Å²) < 4.78 is 0. The largest absolute Gasteiger partial charge is 0.329 e. The summed E-state index contributed by atoms with van der Waals surface area (Å²) >= 11 is 0. The Hall–Kier alpha value is -0.0800. The van der Waals surface area contributed by atoms with E-state index in [1.54, 1.807) is 0 Å². The Bertz CT molecular complexity index is 205. The summed E-state index contributed by atoms with van der Waals surface area (Å²) in [5, 5.41) is 0. The van der Waals surface area contributed by atoms with Crippen LogP contribution in [0.5, 0.6) is 0 Å². The summed E-state index contributed by atoms with van der Waals surface area (Å²) in [6.07, 6.45) is 3.82. The van der Waals surface area contributed by atoms with Crippen LogP contribution >= 0.6 is 0 Å². The number of hydrogen-bond donors (Lipinski definition) is 1. The van der Waals surface area contributed by atoms with Gasteiger partial charge in [-0.3, -0.25) is 4.90 Å². The van der Waals surface area contributed by atoms with Gasteiger partial charge in [0.05, 0.1) is 0 Å². The molecule has 2 nitrogen and oxygen atoms in total. The quantitative estimate of drug-likeness (QED) is 0.802. The fourth-order valence-electron chi connectivity index (χ4n) is 2.78. The third-order valence-corrected chi connectivity index (χ3v) is 4.68. The Morgan fingerprint density at radius 1 is 1.12 bits per heavy atom. The SMILES string of the molecule is CCC(C)(CN)N1CCC(C(C)(C)C)CC1. The Kier molecular flexibility index (Phi) is 4.42. The molecule has 0 amide bonds. The van der Waals surface area contributed by atoms with E-state index in [1.807, 2.05) is 0 Å². The highest BCUT2D eigenvalue weighted by molar-refractivity contribution is 4.90. The van der Waals surface area contributed by atoms with Gasteiger partial charge in [-0.2, -0.15) is 0 Å². The molecule has 16 heavy (non-hydrogen) atoms. The first-order chi connectivity index (χ1) is 7.33. The van der Waals surface area contributed by atoms with E-state index in [9.17, 15) is 0 Å². The molecular formula is C14H30N2. The summed E-state index contributed by atoms with van der Waals surface area (Å²) in [5.74, 6) is 0.877. The molecule has 0 radical (unpaired) electrons. The van der Waals surface area contributed by atoms with Crippen molar-refractivity contribution < 1.29 is 0 Å². The minimum absolute atomic E-state index is 0.225. The number of hydrogen-bond acceptors (Lipinski definition) is 2. The standard InChI is InChI=1S/C14H30N2/c1-6-14(5,11-15)16-9-7-12(8-10-16)13(2,3)4/h12H,6-11,15H2,1-5H3. The average Bonchev–Trinajstić information content (AvgIpc) is 2.27. The highest BCUT2D eigenvalue weighted by Gasteiger charge is 2.35. The second kappa shape index (κ2) is 5.05. The molecule has 1 unspecified atom stereocenters. The molecule has 0 aliphatic carbocycles. The molecule has 1 atom stereocenters. The zero-order chi connectivity index (χ0) is 12.4. The van der Waals surface area contributed by atoms with Crippen molar-refractivity contribution >= 4 is 0 Å². The highest BCUT2D eigenvalue weighted by Crippen LogP contribution is 2.36. The molecule has 1 aliphatic heterocycles. The van der Waals surface area contributed by atoms with Crippen LogP contribution in [0.15, 0.2) is 0 Å². The monoisotopic (exact) mass is 226 g/mol. The van der Waals surface area contributed by atoms with Crippen molar-refractivity contribution in [3.8, 4) is 0 Å². The van der Waals surface area contributed by atoms with Crippen LogP contribution in [0.25, 0.3) is 0 Å². The van der Waals surface area contributed by atoms with Crippen molar-refractivity contribution in [1.29, 1.82) is 0 Å². The molecule has 0 spiro atoms. The third kappa shape index (κ3) is 2.98. The topological polar surface area (TPSA) is 29.3 Å². The smallest absolute Gasteiger partial charge is 0.0300 e. The maximum atomic E-state index is 5.93. The molecule has 96 valence electrons. The van der Waals surface area contributed by atoms with E-state index >= 15 is 0 Å². The Labute approximate surface area is 102 Å². The van der Waals surface area contributed by atoms with E-state index in [4.69, 9.17) is 5.73 Å². The summed E-state index contributed by atoms with van der Waals surface area (Å²) in [5.41, 5.74) is 6.62. The van der Waals surface area contributed by atoms with Crippen molar-refractivity contribution in [2.24, 2.45) is 17.1 Å². The minimum Gasteiger partial charge on any atom is -0.329 e. The molecule has 1 rings (SSSR count). The number of piperidine rings is 1. The minimum atomic E-state index is 0.225. The maximum absolute atomic E-state index is 5.93. The second-order valence-corrected chi connectivity index (χ2v) is 6.68. The summed E-state index contributed by atoms with van der Waals surface area (Å²) in [4.78, 5) is 2.61. The first-order valence-corrected chi connectivity index (χ1v) is 6.78. The van der Waals surface area contributed by atoms with Crippen LogP contribution in [0.3, 0.4) is 0 Å². The van der Waals surface area contributed by atoms with Gasteiger partial charge in [-0.05, 0) is 50.6 Å². The van der Waals surface area contributed by atoms with Crippen LogP contribution in [0, 0.1) is 11.3 Å². The predicted octanol–water partition coefficient (Wildman–Crippen LogP) is 2.87. The van der Waals surface area contributed by atoms with Crippen LogP contribution < -0.4 is 5.73 Å². The zero-order valence-corrected chi connectivity index (χ0v) is 11.8. The van der Waals surface area contributed by atoms with Gasteiger partial charge in [0.15, 0.2) is 0 Å². The number of rotatable bonds is 3. The average molecular weight is 226 g/mol. The van der Waals surface area contributed by atoms with Gasteiger partial charge in [0.1, 0.15) is 0 Å². The molecule has 0 bridgehead atoms. The van der Waals surface area contributed by atoms with Crippen molar-refractivity contribution in [2.75, 3.05) is 19.6 Å². The summed E-state index contributed by atoms with van der Waals surface area (Å²) in [7, 11) is 0. The van der Waals surface area contributed by atoms with Gasteiger partial charge in [0, 0.05) is 12.1 Å². The molecule has 1 fully saturated rings. The first-order valence-electron chi connectivity index (χ1n) is 6.78. The van der Waals surface area contributed by atoms with Crippen LogP contribution in [-0.4, -0.2) is 30.1 Å². The van der Waals surface area contributed by atoms with Gasteiger partial charge in [0.2, 0.25) is 0 Å². The van der Waals surface area contributed by atoms with Gasteiger partial charge in [-0.25, -0.2) is 0 Å². The van der Waals surface area contributed by atoms with Crippen LogP contribution in [0.1, 0.15) is 53.9 Å². The van der Waals surface area contributed by atoms with Gasteiger partial charge < -0.3 is 5.73 Å². The molecule has 1 saturated heterocycles. The summed E-state index contributed by atoms with van der Waals surface area (Å²) in [6.45, 7) is 14.9. The number of nitrogens with zero attached hydrogens (tertiary/aromatic N) is 1. The molecule has 2 N–H and O–H groups in total. The third-order valence-electron chi connectivity index (χ3n) is 4.68. The lowest BCUT2D eigenvalue weighted by Crippen LogP contribution is -2.54. The van der Waals surface area contributed by atoms with Gasteiger partial charge >= 0.3 is 0 Å². The lowest BCUT2D eigenvalue weighted by atomic mass is 9.74. The zero-order valence-electron chi connectivity index (χ0n) is 11.8. The van der Waals surface area contributed by atoms with Crippen molar-refractivity contribution in [3.63, 3.8) is 0 Å². The lowest BCUT2D eigenvalue weighted by molar-refractivity contribution is 0.0370. The van der Waals surface area contributed by atoms with E-state index in [-0.39, 0.29) is 5.54 Å². The molecular weight excluding hydrogens is 196 g/mol. The molecule has 2 heteroatoms. The Morgan fingerprint density at radius 2 is 1.62 bits per heavy atom. The van der Waals surface area contributed by atoms with Crippen molar-refractivity contribution in [3.05, 3.63) is 0 Å². The van der Waals surface area contributed by atoms with Gasteiger partial charge in [-0.15, -0.1) is 0 Å². The van der Waals surface area contributed by atoms with Crippen molar-refractivity contribution in [2.45, 2.75) is 59.4 Å². The molecule has 1 aliphatic rings. The van der Waals surface area contributed by atoms with Gasteiger partial charge in [-0.1, -0.05) is 27.7 Å². The highest BCUT2D eigenvalue weighted by atomic mass is 15.2. The normalized spacial score (nSPS) is 24.4. The molecule has 0 aromatic heterocycles. The first kappa shape index (κ1) is 14.0. The van der Waals surface area contributed by atoms with Crippen LogP contribution in [0.2, 0.25) is 0 Å². The Morgan fingerprint density at radius 3 is 1.94 bits per heavy atom. The fraction of sp³-hybridized carbons (Fsp3) is 1.00. The Balaban J connectivity index is 2.55. The van der Waals surface area contributed by atoms with E-state index in [2.05, 4.69) is 39.5 Å². The molecule has 0 aromatic carbocycles. The van der Waals surface area contributed by atoms with E-state index in [0.29, 0.717) is 5.41 Å². The van der Waals surface area contributed by atoms with Gasteiger partial charge in [0.25, 0.3) is 0 Å². The maximum Gasteiger partial charge on any atom is 0.0300 e. The summed E-state index contributed by atoms with van der Waals surface area (Å²) in [6, 6.07) is 0. The van der Waals surface area contributed by atoms with E-state index in [1.165, 1.54) is 25.9 Å². The second-order valence-electron chi connectivity index (χ2n) is 6.68. The fourth-order valence-corrected chi connectivity index (χ4v) is 2.78. The van der Waals surface area contributed by atoms with E-state index in [0.717, 1.165) is 18.9 Å². The molecule has 0 aromatic rings. The van der Waals surface area contributed by atoms with E-state index < -0.39 is 0 Å². The van der Waals surface area contributed by atoms with Crippen LogP contribution in [0.4, 0.5) is 0 Å². The van der Waals surface area contributed by atoms with Crippen molar-refractivity contribution in [1.82, 2.24) is 4.90 Å². The lowest BCUT2D eigenvalue weighted by Gasteiger charge is -2.46. The molecule has 1 heterocycles. The van der Waals surface area contributed by atoms with Crippen LogP contribution in [-0.2, 0) is 0 Å².